The van der Waals surface area contributed by atoms with E-state index in [0.717, 1.165) is 22.3 Å². The van der Waals surface area contributed by atoms with Crippen LogP contribution < -0.4 is 0 Å². The number of aromatic nitrogens is 2. The molecule has 0 N–H and O–H groups in total. The van der Waals surface area contributed by atoms with Crippen molar-refractivity contribution in [2.24, 2.45) is 0 Å². The van der Waals surface area contributed by atoms with E-state index in [1.165, 1.54) is 4.88 Å². The Bertz CT molecular complexity index is 693. The summed E-state index contributed by atoms with van der Waals surface area (Å²) < 4.78 is 6.55. The van der Waals surface area contributed by atoms with Crippen molar-refractivity contribution in [2.45, 2.75) is 20.0 Å². The number of nitrogens with zero attached hydrogens (tertiary/aromatic N) is 3. The maximum atomic E-state index is 5.97. The fraction of sp³-hybridized carbons (Fsp3) is 0.286. The van der Waals surface area contributed by atoms with Gasteiger partial charge < -0.3 is 4.42 Å². The molecule has 3 aromatic heterocycles. The van der Waals surface area contributed by atoms with Crippen LogP contribution in [-0.4, -0.2) is 21.6 Å². The van der Waals surface area contributed by atoms with Gasteiger partial charge in [-0.2, -0.15) is 0 Å². The first-order valence-electron chi connectivity index (χ1n) is 6.57. The maximum absolute atomic E-state index is 5.97. The molecular weight excluding hydrogens is 326 g/mol. The lowest BCUT2D eigenvalue weighted by Gasteiger charge is -2.16. The van der Waals surface area contributed by atoms with Crippen LogP contribution in [0, 0.1) is 0 Å². The lowest BCUT2D eigenvalue weighted by atomic mass is 10.4. The van der Waals surface area contributed by atoms with Gasteiger partial charge in [-0.1, -0.05) is 24.6 Å². The summed E-state index contributed by atoms with van der Waals surface area (Å²) in [5.41, 5.74) is 0. The van der Waals surface area contributed by atoms with Crippen LogP contribution in [0.3, 0.4) is 0 Å². The minimum Gasteiger partial charge on any atom is -0.419 e. The zero-order valence-corrected chi connectivity index (χ0v) is 13.8. The van der Waals surface area contributed by atoms with Gasteiger partial charge in [0.25, 0.3) is 5.89 Å². The normalized spacial score (nSPS) is 11.4. The Morgan fingerprint density at radius 3 is 2.81 bits per heavy atom. The molecule has 0 unspecified atom stereocenters. The summed E-state index contributed by atoms with van der Waals surface area (Å²) in [4.78, 5) is 4.48. The van der Waals surface area contributed by atoms with Gasteiger partial charge >= 0.3 is 0 Å². The van der Waals surface area contributed by atoms with E-state index in [2.05, 4.69) is 28.1 Å². The standard InChI is InChI=1S/C14H14ClN3OS2/c1-2-18(8-10-5-6-12(15)21-10)9-13-16-17-14(19-13)11-4-3-7-20-11/h3-7H,2,8-9H2,1H3. The Kier molecular flexibility index (Phi) is 4.70. The summed E-state index contributed by atoms with van der Waals surface area (Å²) in [5, 5.41) is 10.2. The van der Waals surface area contributed by atoms with Gasteiger partial charge in [-0.25, -0.2) is 0 Å². The molecular formula is C14H14ClN3OS2. The minimum absolute atomic E-state index is 0.593. The second-order valence-corrected chi connectivity index (χ2v) is 7.23. The number of thiophene rings is 2. The van der Waals surface area contributed by atoms with Gasteiger partial charge in [-0.05, 0) is 30.1 Å². The number of rotatable bonds is 6. The van der Waals surface area contributed by atoms with Gasteiger partial charge in [0.2, 0.25) is 5.89 Å². The first kappa shape index (κ1) is 14.7. The highest BCUT2D eigenvalue weighted by atomic mass is 35.5. The van der Waals surface area contributed by atoms with E-state index in [0.29, 0.717) is 18.3 Å². The van der Waals surface area contributed by atoms with E-state index in [-0.39, 0.29) is 0 Å². The molecule has 21 heavy (non-hydrogen) atoms. The van der Waals surface area contributed by atoms with Gasteiger partial charge in [0.05, 0.1) is 15.8 Å². The highest BCUT2D eigenvalue weighted by molar-refractivity contribution is 7.16. The van der Waals surface area contributed by atoms with Gasteiger partial charge in [-0.3, -0.25) is 4.90 Å². The van der Waals surface area contributed by atoms with Crippen molar-refractivity contribution in [3.8, 4) is 10.8 Å². The fourth-order valence-corrected chi connectivity index (χ4v) is 3.72. The summed E-state index contributed by atoms with van der Waals surface area (Å²) >= 11 is 9.17. The highest BCUT2D eigenvalue weighted by Crippen LogP contribution is 2.25. The predicted molar refractivity (Wildman–Crippen MR) is 86.7 cm³/mol. The Morgan fingerprint density at radius 1 is 1.24 bits per heavy atom. The third kappa shape index (κ3) is 3.71. The van der Waals surface area contributed by atoms with E-state index in [9.17, 15) is 0 Å². The van der Waals surface area contributed by atoms with E-state index in [1.807, 2.05) is 23.6 Å². The van der Waals surface area contributed by atoms with Crippen LogP contribution in [0.2, 0.25) is 4.34 Å². The topological polar surface area (TPSA) is 42.2 Å². The lowest BCUT2D eigenvalue weighted by molar-refractivity contribution is 0.245. The van der Waals surface area contributed by atoms with Crippen molar-refractivity contribution in [1.29, 1.82) is 0 Å². The van der Waals surface area contributed by atoms with Crippen molar-refractivity contribution >= 4 is 34.3 Å². The Hall–Kier alpha value is -1.21. The summed E-state index contributed by atoms with van der Waals surface area (Å²) in [6, 6.07) is 7.94. The predicted octanol–water partition coefficient (Wildman–Crippen LogP) is 4.54. The molecule has 0 aliphatic heterocycles. The molecule has 110 valence electrons. The second-order valence-electron chi connectivity index (χ2n) is 4.49. The molecule has 3 heterocycles. The van der Waals surface area contributed by atoms with Crippen molar-refractivity contribution in [3.05, 3.63) is 44.7 Å². The van der Waals surface area contributed by atoms with Crippen LogP contribution in [0.4, 0.5) is 0 Å². The first-order valence-corrected chi connectivity index (χ1v) is 8.65. The summed E-state index contributed by atoms with van der Waals surface area (Å²) in [7, 11) is 0. The van der Waals surface area contributed by atoms with Crippen molar-refractivity contribution < 1.29 is 4.42 Å². The number of hydrogen-bond acceptors (Lipinski definition) is 6. The molecule has 0 atom stereocenters. The minimum atomic E-state index is 0.593. The molecule has 0 amide bonds. The molecule has 0 aliphatic rings. The highest BCUT2D eigenvalue weighted by Gasteiger charge is 2.13. The lowest BCUT2D eigenvalue weighted by Crippen LogP contribution is -2.21. The summed E-state index contributed by atoms with van der Waals surface area (Å²) in [6.45, 7) is 4.51. The monoisotopic (exact) mass is 339 g/mol. The summed E-state index contributed by atoms with van der Waals surface area (Å²) in [6.07, 6.45) is 0. The van der Waals surface area contributed by atoms with Crippen molar-refractivity contribution in [2.75, 3.05) is 6.54 Å². The zero-order chi connectivity index (χ0) is 14.7. The van der Waals surface area contributed by atoms with Crippen molar-refractivity contribution in [3.63, 3.8) is 0 Å². The number of halogens is 1. The van der Waals surface area contributed by atoms with E-state index in [4.69, 9.17) is 16.0 Å². The molecule has 4 nitrogen and oxygen atoms in total. The fourth-order valence-electron chi connectivity index (χ4n) is 1.95. The number of hydrogen-bond donors (Lipinski definition) is 0. The Balaban J connectivity index is 1.66. The van der Waals surface area contributed by atoms with Gasteiger partial charge in [-0.15, -0.1) is 32.9 Å². The van der Waals surface area contributed by atoms with Crippen LogP contribution in [0.15, 0.2) is 34.1 Å². The average molecular weight is 340 g/mol. The average Bonchev–Trinajstić information content (AvgIpc) is 3.19. The molecule has 0 saturated heterocycles. The third-order valence-corrected chi connectivity index (χ3v) is 5.09. The molecule has 0 saturated carbocycles. The molecule has 3 rings (SSSR count). The van der Waals surface area contributed by atoms with Crippen LogP contribution in [-0.2, 0) is 13.1 Å². The molecule has 3 aromatic rings. The largest absolute Gasteiger partial charge is 0.419 e. The van der Waals surface area contributed by atoms with Crippen LogP contribution in [0.5, 0.6) is 0 Å². The van der Waals surface area contributed by atoms with Gasteiger partial charge in [0.1, 0.15) is 0 Å². The smallest absolute Gasteiger partial charge is 0.257 e. The zero-order valence-electron chi connectivity index (χ0n) is 11.5. The molecule has 7 heteroatoms. The second kappa shape index (κ2) is 6.70. The maximum Gasteiger partial charge on any atom is 0.257 e. The van der Waals surface area contributed by atoms with Gasteiger partial charge in [0.15, 0.2) is 0 Å². The molecule has 0 bridgehead atoms. The quantitative estimate of drug-likeness (QED) is 0.661. The Morgan fingerprint density at radius 2 is 2.14 bits per heavy atom. The van der Waals surface area contributed by atoms with Crippen LogP contribution in [0.25, 0.3) is 10.8 Å². The third-order valence-electron chi connectivity index (χ3n) is 3.01. The van der Waals surface area contributed by atoms with E-state index >= 15 is 0 Å². The van der Waals surface area contributed by atoms with E-state index in [1.54, 1.807) is 22.7 Å². The molecule has 0 radical (unpaired) electrons. The molecule has 0 aliphatic carbocycles. The molecule has 0 spiro atoms. The summed E-state index contributed by atoms with van der Waals surface area (Å²) in [5.74, 6) is 1.23. The van der Waals surface area contributed by atoms with Gasteiger partial charge in [0, 0.05) is 11.4 Å². The Labute approximate surface area is 136 Å². The van der Waals surface area contributed by atoms with Crippen molar-refractivity contribution in [1.82, 2.24) is 15.1 Å². The van der Waals surface area contributed by atoms with Crippen LogP contribution >= 0.6 is 34.3 Å². The molecule has 0 fully saturated rings. The SMILES string of the molecule is CCN(Cc1nnc(-c2cccs2)o1)Cc1ccc(Cl)s1. The van der Waals surface area contributed by atoms with E-state index < -0.39 is 0 Å². The molecule has 0 aromatic carbocycles. The first-order chi connectivity index (χ1) is 10.2. The van der Waals surface area contributed by atoms with Crippen LogP contribution in [0.1, 0.15) is 17.7 Å².